The number of hydrogen-bond donors (Lipinski definition) is 1. The van der Waals surface area contributed by atoms with Crippen LogP contribution in [0, 0.1) is 11.6 Å². The lowest BCUT2D eigenvalue weighted by Gasteiger charge is -2.09. The van der Waals surface area contributed by atoms with Gasteiger partial charge in [-0.1, -0.05) is 23.7 Å². The van der Waals surface area contributed by atoms with Gasteiger partial charge >= 0.3 is 0 Å². The maximum Gasteiger partial charge on any atom is 0.133 e. The predicted octanol–water partition coefficient (Wildman–Crippen LogP) is 4.54. The van der Waals surface area contributed by atoms with Gasteiger partial charge in [0, 0.05) is 29.2 Å². The normalized spacial score (nSPS) is 14.6. The number of benzene rings is 2. The first kappa shape index (κ1) is 13.5. The summed E-state index contributed by atoms with van der Waals surface area (Å²) in [4.78, 5) is 0. The molecule has 1 aliphatic rings. The lowest BCUT2D eigenvalue weighted by molar-refractivity contribution is 0.585. The van der Waals surface area contributed by atoms with E-state index in [1.54, 1.807) is 6.07 Å². The molecule has 0 saturated heterocycles. The molecule has 1 aliphatic carbocycles. The van der Waals surface area contributed by atoms with Gasteiger partial charge < -0.3 is 5.32 Å². The molecule has 104 valence electrons. The molecule has 1 nitrogen and oxygen atoms in total. The van der Waals surface area contributed by atoms with Gasteiger partial charge in [0.2, 0.25) is 0 Å². The highest BCUT2D eigenvalue weighted by Gasteiger charge is 2.20. The Hall–Kier alpha value is -1.45. The zero-order valence-electron chi connectivity index (χ0n) is 10.8. The minimum absolute atomic E-state index is 0.356. The van der Waals surface area contributed by atoms with Crippen molar-refractivity contribution in [1.29, 1.82) is 0 Å². The van der Waals surface area contributed by atoms with E-state index in [1.165, 1.54) is 25.0 Å². The summed E-state index contributed by atoms with van der Waals surface area (Å²) in [7, 11) is 0. The molecule has 0 bridgehead atoms. The molecular formula is C16H14ClF2N. The van der Waals surface area contributed by atoms with E-state index in [2.05, 4.69) is 5.32 Å². The molecule has 0 aromatic heterocycles. The second kappa shape index (κ2) is 5.51. The molecule has 0 radical (unpaired) electrons. The van der Waals surface area contributed by atoms with Crippen molar-refractivity contribution in [3.05, 3.63) is 58.6 Å². The molecule has 1 fully saturated rings. The quantitative estimate of drug-likeness (QED) is 0.873. The van der Waals surface area contributed by atoms with Gasteiger partial charge in [-0.3, -0.25) is 0 Å². The summed E-state index contributed by atoms with van der Waals surface area (Å²) in [6, 6.07) is 9.59. The Bertz CT molecular complexity index is 638. The Balaban J connectivity index is 1.84. The Morgan fingerprint density at radius 2 is 1.90 bits per heavy atom. The fraction of sp³-hybridized carbons (Fsp3) is 0.250. The van der Waals surface area contributed by atoms with Crippen LogP contribution in [0.25, 0.3) is 11.1 Å². The van der Waals surface area contributed by atoms with Crippen LogP contribution in [-0.4, -0.2) is 6.04 Å². The molecule has 0 amide bonds. The Kier molecular flexibility index (Phi) is 3.72. The average Bonchev–Trinajstić information content (AvgIpc) is 3.21. The van der Waals surface area contributed by atoms with Crippen LogP contribution in [0.1, 0.15) is 18.4 Å². The third-order valence-corrected chi connectivity index (χ3v) is 3.81. The summed E-state index contributed by atoms with van der Waals surface area (Å²) in [5.41, 5.74) is 2.00. The van der Waals surface area contributed by atoms with Crippen LogP contribution >= 0.6 is 11.6 Å². The molecule has 0 aliphatic heterocycles. The number of halogens is 3. The van der Waals surface area contributed by atoms with Crippen LogP contribution in [0.15, 0.2) is 36.4 Å². The zero-order chi connectivity index (χ0) is 14.1. The highest BCUT2D eigenvalue weighted by Crippen LogP contribution is 2.28. The fourth-order valence-corrected chi connectivity index (χ4v) is 2.37. The first-order valence-electron chi connectivity index (χ1n) is 6.61. The SMILES string of the molecule is Fc1ccc(-c2ccc(CNC3CC3)c(Cl)c2)c(F)c1. The molecule has 2 aromatic rings. The van der Waals surface area contributed by atoms with Gasteiger partial charge in [0.25, 0.3) is 0 Å². The Morgan fingerprint density at radius 3 is 2.55 bits per heavy atom. The lowest BCUT2D eigenvalue weighted by atomic mass is 10.0. The van der Waals surface area contributed by atoms with E-state index in [1.807, 2.05) is 12.1 Å². The molecule has 1 saturated carbocycles. The van der Waals surface area contributed by atoms with Crippen molar-refractivity contribution >= 4 is 11.6 Å². The second-order valence-electron chi connectivity index (χ2n) is 5.09. The topological polar surface area (TPSA) is 12.0 Å². The van der Waals surface area contributed by atoms with E-state index in [4.69, 9.17) is 11.6 Å². The molecule has 4 heteroatoms. The van der Waals surface area contributed by atoms with Crippen molar-refractivity contribution < 1.29 is 8.78 Å². The van der Waals surface area contributed by atoms with E-state index in [0.717, 1.165) is 18.2 Å². The van der Waals surface area contributed by atoms with Crippen LogP contribution in [0.2, 0.25) is 5.02 Å². The molecule has 20 heavy (non-hydrogen) atoms. The van der Waals surface area contributed by atoms with Crippen molar-refractivity contribution in [1.82, 2.24) is 5.32 Å². The molecular weight excluding hydrogens is 280 g/mol. The molecule has 1 N–H and O–H groups in total. The standard InChI is InChI=1S/C16H14ClF2N/c17-15-7-10(14-6-3-12(18)8-16(14)19)1-2-11(15)9-20-13-4-5-13/h1-3,6-8,13,20H,4-5,9H2. The van der Waals surface area contributed by atoms with E-state index in [9.17, 15) is 8.78 Å². The summed E-state index contributed by atoms with van der Waals surface area (Å²) in [5, 5.41) is 3.98. The summed E-state index contributed by atoms with van der Waals surface area (Å²) in [6.07, 6.45) is 2.44. The zero-order valence-corrected chi connectivity index (χ0v) is 11.6. The summed E-state index contributed by atoms with van der Waals surface area (Å²) in [5.74, 6) is -1.16. The van der Waals surface area contributed by atoms with E-state index >= 15 is 0 Å². The predicted molar refractivity (Wildman–Crippen MR) is 76.7 cm³/mol. The smallest absolute Gasteiger partial charge is 0.133 e. The van der Waals surface area contributed by atoms with Crippen molar-refractivity contribution in [3.63, 3.8) is 0 Å². The first-order valence-corrected chi connectivity index (χ1v) is 6.98. The maximum absolute atomic E-state index is 13.7. The van der Waals surface area contributed by atoms with Crippen molar-refractivity contribution in [2.24, 2.45) is 0 Å². The Labute approximate surface area is 121 Å². The van der Waals surface area contributed by atoms with Crippen LogP contribution < -0.4 is 5.32 Å². The highest BCUT2D eigenvalue weighted by molar-refractivity contribution is 6.31. The van der Waals surface area contributed by atoms with Gasteiger partial charge in [-0.15, -0.1) is 0 Å². The number of hydrogen-bond acceptors (Lipinski definition) is 1. The minimum Gasteiger partial charge on any atom is -0.310 e. The maximum atomic E-state index is 13.7. The minimum atomic E-state index is -0.581. The van der Waals surface area contributed by atoms with Crippen LogP contribution in [0.4, 0.5) is 8.78 Å². The largest absolute Gasteiger partial charge is 0.310 e. The summed E-state index contributed by atoms with van der Waals surface area (Å²) < 4.78 is 26.6. The number of nitrogens with one attached hydrogen (secondary N) is 1. The van der Waals surface area contributed by atoms with Crippen LogP contribution in [0.3, 0.4) is 0 Å². The molecule has 3 rings (SSSR count). The van der Waals surface area contributed by atoms with E-state index < -0.39 is 11.6 Å². The van der Waals surface area contributed by atoms with Gasteiger partial charge in [0.05, 0.1) is 0 Å². The van der Waals surface area contributed by atoms with Crippen molar-refractivity contribution in [3.8, 4) is 11.1 Å². The molecule has 0 atom stereocenters. The highest BCUT2D eigenvalue weighted by atomic mass is 35.5. The third-order valence-electron chi connectivity index (χ3n) is 3.45. The fourth-order valence-electron chi connectivity index (χ4n) is 2.12. The average molecular weight is 294 g/mol. The van der Waals surface area contributed by atoms with Gasteiger partial charge in [0.1, 0.15) is 11.6 Å². The van der Waals surface area contributed by atoms with E-state index in [-0.39, 0.29) is 0 Å². The van der Waals surface area contributed by atoms with Crippen LogP contribution in [-0.2, 0) is 6.54 Å². The van der Waals surface area contributed by atoms with Crippen LogP contribution in [0.5, 0.6) is 0 Å². The number of rotatable bonds is 4. The molecule has 0 spiro atoms. The molecule has 2 aromatic carbocycles. The Morgan fingerprint density at radius 1 is 1.10 bits per heavy atom. The molecule has 0 unspecified atom stereocenters. The lowest BCUT2D eigenvalue weighted by Crippen LogP contribution is -2.15. The van der Waals surface area contributed by atoms with Gasteiger partial charge in [-0.25, -0.2) is 8.78 Å². The van der Waals surface area contributed by atoms with Gasteiger partial charge in [-0.05, 0) is 42.2 Å². The molecule has 0 heterocycles. The monoisotopic (exact) mass is 293 g/mol. The van der Waals surface area contributed by atoms with Crippen molar-refractivity contribution in [2.45, 2.75) is 25.4 Å². The summed E-state index contributed by atoms with van der Waals surface area (Å²) >= 11 is 6.23. The third kappa shape index (κ3) is 3.00. The van der Waals surface area contributed by atoms with Crippen molar-refractivity contribution in [2.75, 3.05) is 0 Å². The van der Waals surface area contributed by atoms with E-state index in [0.29, 0.717) is 22.2 Å². The summed E-state index contributed by atoms with van der Waals surface area (Å²) in [6.45, 7) is 0.718. The second-order valence-corrected chi connectivity index (χ2v) is 5.49. The van der Waals surface area contributed by atoms with Gasteiger partial charge in [0.15, 0.2) is 0 Å². The first-order chi connectivity index (χ1) is 9.63. The van der Waals surface area contributed by atoms with Gasteiger partial charge in [-0.2, -0.15) is 0 Å².